The Morgan fingerprint density at radius 3 is 2.44 bits per heavy atom. The number of nitrogens with zero attached hydrogens (tertiary/aromatic N) is 1. The summed E-state index contributed by atoms with van der Waals surface area (Å²) in [7, 11) is 0. The molecule has 34 heavy (non-hydrogen) atoms. The highest BCUT2D eigenvalue weighted by Gasteiger charge is 2.30. The van der Waals surface area contributed by atoms with Gasteiger partial charge in [-0.25, -0.2) is 0 Å². The van der Waals surface area contributed by atoms with Crippen molar-refractivity contribution in [3.63, 3.8) is 0 Å². The average Bonchev–Trinajstić information content (AvgIpc) is 2.86. The predicted octanol–water partition coefficient (Wildman–Crippen LogP) is 5.69. The largest absolute Gasteiger partial charge is 0.483 e. The zero-order valence-electron chi connectivity index (χ0n) is 20.4. The number of carbonyl (C=O) groups is 2. The Bertz CT molecular complexity index is 929. The van der Waals surface area contributed by atoms with E-state index >= 15 is 0 Å². The van der Waals surface area contributed by atoms with Gasteiger partial charge in [0.15, 0.2) is 6.61 Å². The number of carbonyl (C=O) groups excluding carboxylic acids is 2. The van der Waals surface area contributed by atoms with Crippen molar-refractivity contribution in [2.75, 3.05) is 13.2 Å². The molecule has 1 atom stereocenters. The van der Waals surface area contributed by atoms with Gasteiger partial charge in [-0.2, -0.15) is 0 Å². The highest BCUT2D eigenvalue weighted by Crippen LogP contribution is 2.26. The second-order valence-corrected chi connectivity index (χ2v) is 9.85. The van der Waals surface area contributed by atoms with E-state index in [2.05, 4.69) is 40.3 Å². The maximum Gasteiger partial charge on any atom is 0.261 e. The van der Waals surface area contributed by atoms with Crippen LogP contribution < -0.4 is 10.1 Å². The summed E-state index contributed by atoms with van der Waals surface area (Å²) in [4.78, 5) is 28.3. The summed E-state index contributed by atoms with van der Waals surface area (Å²) in [5.41, 5.74) is 2.34. The third-order valence-corrected chi connectivity index (χ3v) is 7.20. The molecular formula is C28H37BrN2O3. The molecule has 0 aromatic heterocycles. The first-order valence-corrected chi connectivity index (χ1v) is 13.4. The minimum Gasteiger partial charge on any atom is -0.483 e. The molecule has 2 aromatic rings. The maximum absolute atomic E-state index is 13.4. The number of hydrogen-bond donors (Lipinski definition) is 1. The van der Waals surface area contributed by atoms with Crippen LogP contribution in [0.1, 0.15) is 63.5 Å². The summed E-state index contributed by atoms with van der Waals surface area (Å²) in [5, 5.41) is 3.22. The van der Waals surface area contributed by atoms with Crippen LogP contribution in [0.4, 0.5) is 0 Å². The fourth-order valence-corrected chi connectivity index (χ4v) is 5.08. The maximum atomic E-state index is 13.4. The van der Waals surface area contributed by atoms with E-state index in [1.54, 1.807) is 4.90 Å². The van der Waals surface area contributed by atoms with Crippen LogP contribution in [0.3, 0.4) is 0 Å². The first-order chi connectivity index (χ1) is 16.5. The molecule has 3 rings (SSSR count). The molecule has 5 nitrogen and oxygen atoms in total. The van der Waals surface area contributed by atoms with E-state index in [0.29, 0.717) is 25.1 Å². The van der Waals surface area contributed by atoms with Crippen molar-refractivity contribution in [1.29, 1.82) is 0 Å². The van der Waals surface area contributed by atoms with Crippen molar-refractivity contribution in [2.45, 2.75) is 77.3 Å². The smallest absolute Gasteiger partial charge is 0.261 e. The summed E-state index contributed by atoms with van der Waals surface area (Å²) in [6.45, 7) is 4.43. The molecule has 0 unspecified atom stereocenters. The van der Waals surface area contributed by atoms with Crippen molar-refractivity contribution in [3.8, 4) is 5.75 Å². The standard InChI is InChI=1S/C28H37BrN2O3/c1-3-21-15-16-26(24(29)19-21)34-20-27(32)31(18-17-22-11-7-5-8-12-22)25(4-2)28(33)30-23-13-9-6-10-14-23/h5,7-8,11-12,15-16,19,23,25H,3-4,6,9-10,13-14,17-18,20H2,1-2H3,(H,30,33)/t25-/m1/s1. The SMILES string of the molecule is CCc1ccc(OCC(=O)N(CCc2ccccc2)[C@H](CC)C(=O)NC2CCCCC2)c(Br)c1. The van der Waals surface area contributed by atoms with E-state index in [0.717, 1.165) is 42.1 Å². The van der Waals surface area contributed by atoms with Crippen LogP contribution in [-0.4, -0.2) is 41.9 Å². The molecule has 0 spiro atoms. The second-order valence-electron chi connectivity index (χ2n) is 9.00. The molecule has 1 fully saturated rings. The lowest BCUT2D eigenvalue weighted by Gasteiger charge is -2.32. The Morgan fingerprint density at radius 1 is 1.06 bits per heavy atom. The van der Waals surface area contributed by atoms with Crippen LogP contribution in [-0.2, 0) is 22.4 Å². The molecule has 0 radical (unpaired) electrons. The van der Waals surface area contributed by atoms with Crippen molar-refractivity contribution < 1.29 is 14.3 Å². The van der Waals surface area contributed by atoms with Gasteiger partial charge < -0.3 is 15.0 Å². The summed E-state index contributed by atoms with van der Waals surface area (Å²) in [5.74, 6) is 0.408. The number of nitrogens with one attached hydrogen (secondary N) is 1. The van der Waals surface area contributed by atoms with Crippen LogP contribution in [0.5, 0.6) is 5.75 Å². The minimum atomic E-state index is -0.507. The van der Waals surface area contributed by atoms with Gasteiger partial charge in [0.25, 0.3) is 5.91 Å². The van der Waals surface area contributed by atoms with Gasteiger partial charge in [-0.05, 0) is 71.3 Å². The number of benzene rings is 2. The Labute approximate surface area is 212 Å². The van der Waals surface area contributed by atoms with Crippen LogP contribution in [0.2, 0.25) is 0 Å². The number of aryl methyl sites for hydroxylation is 1. The summed E-state index contributed by atoms with van der Waals surface area (Å²) >= 11 is 3.54. The quantitative estimate of drug-likeness (QED) is 0.407. The topological polar surface area (TPSA) is 58.6 Å². The molecule has 1 aliphatic rings. The average molecular weight is 530 g/mol. The molecule has 6 heteroatoms. The van der Waals surface area contributed by atoms with E-state index in [4.69, 9.17) is 4.74 Å². The van der Waals surface area contributed by atoms with Crippen LogP contribution >= 0.6 is 15.9 Å². The number of ether oxygens (including phenoxy) is 1. The minimum absolute atomic E-state index is 0.0516. The summed E-state index contributed by atoms with van der Waals surface area (Å²) < 4.78 is 6.72. The van der Waals surface area contributed by atoms with E-state index in [9.17, 15) is 9.59 Å². The molecule has 0 aliphatic heterocycles. The van der Waals surface area contributed by atoms with E-state index < -0.39 is 6.04 Å². The molecule has 0 bridgehead atoms. The van der Waals surface area contributed by atoms with E-state index in [1.807, 2.05) is 43.3 Å². The first-order valence-electron chi connectivity index (χ1n) is 12.6. The second kappa shape index (κ2) is 13.5. The lowest BCUT2D eigenvalue weighted by molar-refractivity contribution is -0.142. The van der Waals surface area contributed by atoms with Crippen molar-refractivity contribution in [3.05, 3.63) is 64.1 Å². The Hall–Kier alpha value is -2.34. The monoisotopic (exact) mass is 528 g/mol. The van der Waals surface area contributed by atoms with Gasteiger partial charge in [-0.1, -0.05) is 69.5 Å². The number of rotatable bonds is 11. The van der Waals surface area contributed by atoms with Crippen LogP contribution in [0, 0.1) is 0 Å². The predicted molar refractivity (Wildman–Crippen MR) is 140 cm³/mol. The zero-order valence-corrected chi connectivity index (χ0v) is 22.0. The third-order valence-electron chi connectivity index (χ3n) is 6.58. The van der Waals surface area contributed by atoms with Crippen LogP contribution in [0.15, 0.2) is 53.0 Å². The van der Waals surface area contributed by atoms with E-state index in [-0.39, 0.29) is 24.5 Å². The van der Waals surface area contributed by atoms with Crippen molar-refractivity contribution in [2.24, 2.45) is 0 Å². The highest BCUT2D eigenvalue weighted by atomic mass is 79.9. The molecule has 2 amide bonds. The summed E-state index contributed by atoms with van der Waals surface area (Å²) in [6.07, 6.45) is 7.76. The Kier molecular flexibility index (Phi) is 10.4. The fraction of sp³-hybridized carbons (Fsp3) is 0.500. The van der Waals surface area contributed by atoms with Gasteiger partial charge >= 0.3 is 0 Å². The molecule has 184 valence electrons. The Morgan fingerprint density at radius 2 is 1.79 bits per heavy atom. The van der Waals surface area contributed by atoms with Crippen molar-refractivity contribution in [1.82, 2.24) is 10.2 Å². The normalized spacial score (nSPS) is 14.9. The Balaban J connectivity index is 1.71. The van der Waals surface area contributed by atoms with Crippen LogP contribution in [0.25, 0.3) is 0 Å². The molecule has 0 saturated heterocycles. The third kappa shape index (κ3) is 7.59. The fourth-order valence-electron chi connectivity index (χ4n) is 4.54. The number of hydrogen-bond acceptors (Lipinski definition) is 3. The molecular weight excluding hydrogens is 492 g/mol. The molecule has 1 aliphatic carbocycles. The van der Waals surface area contributed by atoms with Gasteiger partial charge in [-0.15, -0.1) is 0 Å². The zero-order chi connectivity index (χ0) is 24.3. The number of amides is 2. The highest BCUT2D eigenvalue weighted by molar-refractivity contribution is 9.10. The molecule has 0 heterocycles. The van der Waals surface area contributed by atoms with Gasteiger partial charge in [0.05, 0.1) is 4.47 Å². The molecule has 2 aromatic carbocycles. The van der Waals surface area contributed by atoms with Gasteiger partial charge in [-0.3, -0.25) is 9.59 Å². The lowest BCUT2D eigenvalue weighted by Crippen LogP contribution is -2.53. The first kappa shape index (κ1) is 26.3. The van der Waals surface area contributed by atoms with Gasteiger partial charge in [0, 0.05) is 12.6 Å². The van der Waals surface area contributed by atoms with E-state index in [1.165, 1.54) is 12.0 Å². The molecule has 1 saturated carbocycles. The van der Waals surface area contributed by atoms with Gasteiger partial charge in [0.2, 0.25) is 5.91 Å². The summed E-state index contributed by atoms with van der Waals surface area (Å²) in [6, 6.07) is 15.7. The van der Waals surface area contributed by atoms with Crippen molar-refractivity contribution >= 4 is 27.7 Å². The number of halogens is 1. The molecule has 1 N–H and O–H groups in total. The van der Waals surface area contributed by atoms with Gasteiger partial charge in [0.1, 0.15) is 11.8 Å². The lowest BCUT2D eigenvalue weighted by atomic mass is 9.95.